The Labute approximate surface area is 183 Å². The van der Waals surface area contributed by atoms with Crippen molar-refractivity contribution in [2.24, 2.45) is 0 Å². The fourth-order valence-corrected chi connectivity index (χ4v) is 4.47. The van der Waals surface area contributed by atoms with Crippen LogP contribution in [0.5, 0.6) is 5.75 Å². The van der Waals surface area contributed by atoms with Gasteiger partial charge in [0.15, 0.2) is 5.72 Å². The molecule has 0 aromatic heterocycles. The number of imide groups is 1. The number of urea groups is 1. The van der Waals surface area contributed by atoms with Crippen molar-refractivity contribution in [2.45, 2.75) is 25.1 Å². The van der Waals surface area contributed by atoms with Crippen molar-refractivity contribution >= 4 is 29.2 Å². The van der Waals surface area contributed by atoms with E-state index in [1.54, 1.807) is 24.3 Å². The molecule has 2 atom stereocenters. The van der Waals surface area contributed by atoms with Gasteiger partial charge in [-0.3, -0.25) is 14.6 Å². The van der Waals surface area contributed by atoms with Gasteiger partial charge in [-0.1, -0.05) is 29.8 Å². The number of carbonyl (C=O) groups excluding carboxylic acids is 2. The van der Waals surface area contributed by atoms with Gasteiger partial charge < -0.3 is 4.74 Å². The van der Waals surface area contributed by atoms with E-state index in [1.165, 1.54) is 34.1 Å². The van der Waals surface area contributed by atoms with Crippen LogP contribution in [0.15, 0.2) is 72.8 Å². The molecule has 7 heteroatoms. The zero-order chi connectivity index (χ0) is 21.8. The van der Waals surface area contributed by atoms with Gasteiger partial charge in [-0.25, -0.2) is 9.18 Å². The number of amides is 3. The lowest BCUT2D eigenvalue weighted by atomic mass is 9.88. The fraction of sp³-hybridized carbons (Fsp3) is 0.167. The van der Waals surface area contributed by atoms with Crippen molar-refractivity contribution in [1.82, 2.24) is 4.90 Å². The number of rotatable bonds is 2. The first kappa shape index (κ1) is 19.6. The van der Waals surface area contributed by atoms with Gasteiger partial charge in [0, 0.05) is 28.3 Å². The highest BCUT2D eigenvalue weighted by Gasteiger charge is 2.55. The average molecular weight is 437 g/mol. The zero-order valence-electron chi connectivity index (χ0n) is 16.6. The minimum absolute atomic E-state index is 0.235. The van der Waals surface area contributed by atoms with Crippen LogP contribution in [0.4, 0.5) is 14.9 Å². The van der Waals surface area contributed by atoms with E-state index in [1.807, 2.05) is 31.2 Å². The molecule has 0 unspecified atom stereocenters. The van der Waals surface area contributed by atoms with E-state index >= 15 is 0 Å². The molecule has 0 aliphatic carbocycles. The number of benzene rings is 3. The van der Waals surface area contributed by atoms with Crippen LogP contribution in [-0.2, 0) is 0 Å². The Balaban J connectivity index is 1.66. The summed E-state index contributed by atoms with van der Waals surface area (Å²) in [6, 6.07) is 18.4. The monoisotopic (exact) mass is 436 g/mol. The molecule has 1 fully saturated rings. The SMILES string of the molecule is C[C@]12C[C@@H](c3ccccc3O1)N(C(=O)c1ccc(F)cc1)C(=O)N2c1ccc(Cl)cc1. The Kier molecular flexibility index (Phi) is 4.48. The number of carbonyl (C=O) groups is 2. The van der Waals surface area contributed by atoms with Crippen molar-refractivity contribution in [3.63, 3.8) is 0 Å². The van der Waals surface area contributed by atoms with Crippen molar-refractivity contribution in [3.05, 3.63) is 94.8 Å². The van der Waals surface area contributed by atoms with Crippen LogP contribution in [0.1, 0.15) is 35.3 Å². The van der Waals surface area contributed by atoms with Crippen molar-refractivity contribution in [3.8, 4) is 5.75 Å². The number of hydrogen-bond acceptors (Lipinski definition) is 3. The van der Waals surface area contributed by atoms with Gasteiger partial charge in [0.25, 0.3) is 5.91 Å². The third kappa shape index (κ3) is 3.15. The van der Waals surface area contributed by atoms with E-state index in [0.29, 0.717) is 22.9 Å². The summed E-state index contributed by atoms with van der Waals surface area (Å²) in [5, 5.41) is 0.533. The largest absolute Gasteiger partial charge is 0.467 e. The minimum Gasteiger partial charge on any atom is -0.467 e. The van der Waals surface area contributed by atoms with Gasteiger partial charge >= 0.3 is 6.03 Å². The van der Waals surface area contributed by atoms with Crippen LogP contribution < -0.4 is 9.64 Å². The molecule has 0 spiro atoms. The van der Waals surface area contributed by atoms with Crippen LogP contribution in [0.3, 0.4) is 0 Å². The zero-order valence-corrected chi connectivity index (χ0v) is 17.3. The summed E-state index contributed by atoms with van der Waals surface area (Å²) in [7, 11) is 0. The van der Waals surface area contributed by atoms with Gasteiger partial charge in [0.1, 0.15) is 11.6 Å². The van der Waals surface area contributed by atoms with E-state index in [2.05, 4.69) is 0 Å². The molecule has 1 saturated heterocycles. The van der Waals surface area contributed by atoms with Crippen LogP contribution >= 0.6 is 11.6 Å². The number of anilines is 1. The van der Waals surface area contributed by atoms with E-state index in [-0.39, 0.29) is 5.56 Å². The number of ether oxygens (including phenoxy) is 1. The molecule has 2 bridgehead atoms. The molecule has 5 rings (SSSR count). The lowest BCUT2D eigenvalue weighted by molar-refractivity contribution is 0.00268. The predicted molar refractivity (Wildman–Crippen MR) is 115 cm³/mol. The summed E-state index contributed by atoms with van der Waals surface area (Å²) in [6.07, 6.45) is 0.380. The first-order valence-corrected chi connectivity index (χ1v) is 10.2. The van der Waals surface area contributed by atoms with E-state index in [4.69, 9.17) is 16.3 Å². The molecule has 5 nitrogen and oxygen atoms in total. The molecular formula is C24H18ClFN2O3. The van der Waals surface area contributed by atoms with Crippen LogP contribution in [-0.4, -0.2) is 22.6 Å². The molecule has 3 aromatic rings. The van der Waals surface area contributed by atoms with Crippen LogP contribution in [0.2, 0.25) is 5.02 Å². The summed E-state index contributed by atoms with van der Waals surface area (Å²) in [5.74, 6) is -0.328. The maximum Gasteiger partial charge on any atom is 0.335 e. The van der Waals surface area contributed by atoms with Crippen molar-refractivity contribution < 1.29 is 18.7 Å². The molecule has 0 saturated carbocycles. The summed E-state index contributed by atoms with van der Waals surface area (Å²) < 4.78 is 19.7. The lowest BCUT2D eigenvalue weighted by Gasteiger charge is -2.53. The summed E-state index contributed by atoms with van der Waals surface area (Å²) in [4.78, 5) is 30.0. The van der Waals surface area contributed by atoms with Gasteiger partial charge in [-0.2, -0.15) is 0 Å². The topological polar surface area (TPSA) is 49.9 Å². The second-order valence-electron chi connectivity index (χ2n) is 7.81. The second-order valence-corrected chi connectivity index (χ2v) is 8.25. The van der Waals surface area contributed by atoms with Crippen LogP contribution in [0.25, 0.3) is 0 Å². The van der Waals surface area contributed by atoms with Gasteiger partial charge in [0.2, 0.25) is 0 Å². The molecule has 0 radical (unpaired) electrons. The van der Waals surface area contributed by atoms with Gasteiger partial charge in [-0.15, -0.1) is 0 Å². The van der Waals surface area contributed by atoms with Gasteiger partial charge in [-0.05, 0) is 61.5 Å². The Morgan fingerprint density at radius 3 is 2.45 bits per heavy atom. The lowest BCUT2D eigenvalue weighted by Crippen LogP contribution is -2.67. The molecule has 0 N–H and O–H groups in total. The Morgan fingerprint density at radius 1 is 1.06 bits per heavy atom. The molecule has 2 heterocycles. The maximum absolute atomic E-state index is 13.8. The highest BCUT2D eigenvalue weighted by atomic mass is 35.5. The highest BCUT2D eigenvalue weighted by molar-refractivity contribution is 6.30. The van der Waals surface area contributed by atoms with E-state index < -0.39 is 29.5 Å². The molecule has 3 aromatic carbocycles. The number of fused-ring (bicyclic) bond motifs is 4. The maximum atomic E-state index is 13.8. The van der Waals surface area contributed by atoms with Crippen LogP contribution in [0, 0.1) is 5.82 Å². The Hall–Kier alpha value is -3.38. The van der Waals surface area contributed by atoms with Gasteiger partial charge in [0.05, 0.1) is 6.04 Å². The fourth-order valence-electron chi connectivity index (χ4n) is 4.34. The first-order valence-electron chi connectivity index (χ1n) is 9.84. The number of para-hydroxylation sites is 1. The van der Waals surface area contributed by atoms with E-state index in [9.17, 15) is 14.0 Å². The summed E-state index contributed by atoms with van der Waals surface area (Å²) in [6.45, 7) is 1.84. The second kappa shape index (κ2) is 7.10. The Bertz CT molecular complexity index is 1180. The Morgan fingerprint density at radius 2 is 1.74 bits per heavy atom. The van der Waals surface area contributed by atoms with E-state index in [0.717, 1.165) is 5.56 Å². The normalized spacial score (nSPS) is 22.0. The molecule has 156 valence electrons. The number of halogens is 2. The summed E-state index contributed by atoms with van der Waals surface area (Å²) in [5.41, 5.74) is 0.563. The predicted octanol–water partition coefficient (Wildman–Crippen LogP) is 5.80. The molecular weight excluding hydrogens is 419 g/mol. The number of hydrogen-bond donors (Lipinski definition) is 0. The third-order valence-corrected chi connectivity index (χ3v) is 6.01. The van der Waals surface area contributed by atoms with Crippen molar-refractivity contribution in [1.29, 1.82) is 0 Å². The molecule has 3 amide bonds. The minimum atomic E-state index is -0.997. The summed E-state index contributed by atoms with van der Waals surface area (Å²) >= 11 is 6.04. The smallest absolute Gasteiger partial charge is 0.335 e. The standard InChI is InChI=1S/C24H18ClFN2O3/c1-24-14-20(19-4-2-3-5-21(19)31-24)27(22(29)15-6-10-17(26)11-7-15)23(30)28(24)18-12-8-16(25)9-13-18/h2-13,20H,14H2,1H3/t20-,24+/m0/s1. The third-order valence-electron chi connectivity index (χ3n) is 5.76. The van der Waals surface area contributed by atoms with Crippen molar-refractivity contribution in [2.75, 3.05) is 4.90 Å². The first-order chi connectivity index (χ1) is 14.9. The molecule has 2 aliphatic rings. The molecule has 31 heavy (non-hydrogen) atoms. The molecule has 2 aliphatic heterocycles. The number of nitrogens with zero attached hydrogens (tertiary/aromatic N) is 2. The average Bonchev–Trinajstić information content (AvgIpc) is 2.75. The quantitative estimate of drug-likeness (QED) is 0.510. The highest BCUT2D eigenvalue weighted by Crippen LogP contribution is 2.49.